The summed E-state index contributed by atoms with van der Waals surface area (Å²) in [4.78, 5) is 28.8. The molecule has 2 aliphatic heterocycles. The van der Waals surface area contributed by atoms with Crippen LogP contribution in [0.3, 0.4) is 0 Å². The lowest BCUT2D eigenvalue weighted by Crippen LogP contribution is -2.48. The number of hydrogen-bond acceptors (Lipinski definition) is 5. The van der Waals surface area contributed by atoms with Crippen LogP contribution in [0.1, 0.15) is 17.5 Å². The maximum atomic E-state index is 13.4. The summed E-state index contributed by atoms with van der Waals surface area (Å²) >= 11 is 0. The highest BCUT2D eigenvalue weighted by Crippen LogP contribution is 2.32. The summed E-state index contributed by atoms with van der Waals surface area (Å²) in [6.45, 7) is 2.23. The molecular weight excluding hydrogens is 509 g/mol. The molecule has 1 saturated heterocycles. The highest BCUT2D eigenvalue weighted by Gasteiger charge is 2.35. The average molecular weight is 540 g/mol. The average Bonchev–Trinajstić information content (AvgIpc) is 3.45. The van der Waals surface area contributed by atoms with Gasteiger partial charge in [0.05, 0.1) is 11.8 Å². The van der Waals surface area contributed by atoms with Crippen LogP contribution in [0.4, 0.5) is 10.1 Å². The summed E-state index contributed by atoms with van der Waals surface area (Å²) in [7, 11) is 0. The summed E-state index contributed by atoms with van der Waals surface area (Å²) in [5, 5.41) is 8.27. The molecule has 0 radical (unpaired) electrons. The third-order valence-corrected chi connectivity index (χ3v) is 7.50. The number of ether oxygens (including phenoxy) is 2. The molecule has 6 rings (SSSR count). The first-order valence-corrected chi connectivity index (χ1v) is 13.4. The Balaban J connectivity index is 1.17. The third-order valence-electron chi connectivity index (χ3n) is 7.50. The van der Waals surface area contributed by atoms with Gasteiger partial charge in [-0.25, -0.2) is 4.39 Å². The minimum Gasteiger partial charge on any atom is -0.454 e. The van der Waals surface area contributed by atoms with E-state index in [-0.39, 0.29) is 30.3 Å². The van der Waals surface area contributed by atoms with Crippen molar-refractivity contribution in [2.45, 2.75) is 19.5 Å². The van der Waals surface area contributed by atoms with E-state index in [9.17, 15) is 14.0 Å². The Kier molecular flexibility index (Phi) is 7.33. The molecular formula is C32H30FN3O4. The second-order valence-electron chi connectivity index (χ2n) is 10.4. The summed E-state index contributed by atoms with van der Waals surface area (Å²) in [6.07, 6.45) is 0.425. The first-order chi connectivity index (χ1) is 19.5. The molecule has 7 nitrogen and oxygen atoms in total. The zero-order valence-electron chi connectivity index (χ0n) is 21.9. The number of benzene rings is 4. The molecule has 2 amide bonds. The molecule has 204 valence electrons. The van der Waals surface area contributed by atoms with Gasteiger partial charge in [0.1, 0.15) is 5.82 Å². The lowest BCUT2D eigenvalue weighted by atomic mass is 9.87. The van der Waals surface area contributed by atoms with Crippen molar-refractivity contribution in [2.75, 3.05) is 25.2 Å². The number of piperidine rings is 1. The third kappa shape index (κ3) is 5.92. The summed E-state index contributed by atoms with van der Waals surface area (Å²) in [5.74, 6) is -0.0433. The van der Waals surface area contributed by atoms with E-state index >= 15 is 0 Å². The topological polar surface area (TPSA) is 79.9 Å². The van der Waals surface area contributed by atoms with Crippen molar-refractivity contribution in [2.24, 2.45) is 11.8 Å². The molecule has 4 aromatic carbocycles. The fraction of sp³-hybridized carbons (Fsp3) is 0.250. The van der Waals surface area contributed by atoms with Gasteiger partial charge < -0.3 is 20.1 Å². The number of hydrogen-bond donors (Lipinski definition) is 2. The molecule has 0 spiro atoms. The van der Waals surface area contributed by atoms with E-state index in [2.05, 4.69) is 45.9 Å². The molecule has 2 heterocycles. The van der Waals surface area contributed by atoms with Gasteiger partial charge in [0.2, 0.25) is 18.6 Å². The van der Waals surface area contributed by atoms with E-state index in [1.54, 1.807) is 12.1 Å². The molecule has 2 N–H and O–H groups in total. The van der Waals surface area contributed by atoms with E-state index in [1.165, 1.54) is 17.5 Å². The van der Waals surface area contributed by atoms with Gasteiger partial charge >= 0.3 is 0 Å². The van der Waals surface area contributed by atoms with Gasteiger partial charge in [-0.2, -0.15) is 0 Å². The summed E-state index contributed by atoms with van der Waals surface area (Å²) in [6, 6.07) is 25.9. The molecule has 2 atom stereocenters. The van der Waals surface area contributed by atoms with E-state index in [0.717, 1.165) is 16.5 Å². The van der Waals surface area contributed by atoms with Crippen LogP contribution in [0.5, 0.6) is 11.5 Å². The fourth-order valence-corrected chi connectivity index (χ4v) is 5.46. The zero-order valence-corrected chi connectivity index (χ0v) is 21.9. The molecule has 0 aliphatic carbocycles. The van der Waals surface area contributed by atoms with Gasteiger partial charge in [-0.15, -0.1) is 0 Å². The standard InChI is InChI=1S/C32H30FN3O4/c33-27-8-10-28(11-9-27)35-32(38)26-15-25(31(37)34-16-21-6-12-29-30(14-21)40-20-39-29)18-36(19-26)17-22-5-7-23-3-1-2-4-24(23)13-22/h1-14,25-26H,15-20H2,(H,34,37)(H,35,38). The van der Waals surface area contributed by atoms with Gasteiger partial charge in [0, 0.05) is 31.9 Å². The molecule has 1 fully saturated rings. The first-order valence-electron chi connectivity index (χ1n) is 13.4. The molecule has 0 bridgehead atoms. The Hall–Kier alpha value is -4.43. The predicted octanol–water partition coefficient (Wildman–Crippen LogP) is 5.10. The SMILES string of the molecule is O=C(NCc1ccc2c(c1)OCO2)C1CC(C(=O)Nc2ccc(F)cc2)CN(Cc2ccc3ccccc3c2)C1. The molecule has 2 aliphatic rings. The normalized spacial score (nSPS) is 18.4. The maximum Gasteiger partial charge on any atom is 0.231 e. The Morgan fingerprint density at radius 2 is 1.52 bits per heavy atom. The van der Waals surface area contributed by atoms with E-state index in [1.807, 2.05) is 30.3 Å². The Bertz CT molecular complexity index is 1540. The lowest BCUT2D eigenvalue weighted by Gasteiger charge is -2.36. The van der Waals surface area contributed by atoms with Crippen LogP contribution in [-0.2, 0) is 22.7 Å². The number of nitrogens with one attached hydrogen (secondary N) is 2. The van der Waals surface area contributed by atoms with Crippen LogP contribution in [0.2, 0.25) is 0 Å². The first kappa shape index (κ1) is 25.8. The molecule has 40 heavy (non-hydrogen) atoms. The molecule has 4 aromatic rings. The largest absolute Gasteiger partial charge is 0.454 e. The summed E-state index contributed by atoms with van der Waals surface area (Å²) < 4.78 is 24.2. The number of carbonyl (C=O) groups is 2. The monoisotopic (exact) mass is 539 g/mol. The molecule has 0 aromatic heterocycles. The van der Waals surface area contributed by atoms with E-state index < -0.39 is 5.92 Å². The van der Waals surface area contributed by atoms with Crippen molar-refractivity contribution in [1.29, 1.82) is 0 Å². The molecule has 8 heteroatoms. The van der Waals surface area contributed by atoms with Gasteiger partial charge in [-0.3, -0.25) is 14.5 Å². The summed E-state index contributed by atoms with van der Waals surface area (Å²) in [5.41, 5.74) is 2.56. The number of carbonyl (C=O) groups excluding carboxylic acids is 2. The van der Waals surface area contributed by atoms with E-state index in [0.29, 0.717) is 49.8 Å². The molecule has 0 saturated carbocycles. The number of nitrogens with zero attached hydrogens (tertiary/aromatic N) is 1. The van der Waals surface area contributed by atoms with Crippen molar-refractivity contribution in [1.82, 2.24) is 10.2 Å². The van der Waals surface area contributed by atoms with E-state index in [4.69, 9.17) is 9.47 Å². The minimum atomic E-state index is -0.402. The highest BCUT2D eigenvalue weighted by atomic mass is 19.1. The maximum absolute atomic E-state index is 13.4. The number of amides is 2. The predicted molar refractivity (Wildman–Crippen MR) is 150 cm³/mol. The smallest absolute Gasteiger partial charge is 0.231 e. The highest BCUT2D eigenvalue weighted by molar-refractivity contribution is 5.93. The fourth-order valence-electron chi connectivity index (χ4n) is 5.46. The minimum absolute atomic E-state index is 0.0968. The number of halogens is 1. The second kappa shape index (κ2) is 11.4. The Morgan fingerprint density at radius 3 is 2.35 bits per heavy atom. The van der Waals surface area contributed by atoms with Crippen molar-refractivity contribution in [3.63, 3.8) is 0 Å². The lowest BCUT2D eigenvalue weighted by molar-refractivity contribution is -0.130. The van der Waals surface area contributed by atoms with Crippen molar-refractivity contribution >= 4 is 28.3 Å². The number of rotatable bonds is 7. The molecule has 2 unspecified atom stereocenters. The van der Waals surface area contributed by atoms with Crippen molar-refractivity contribution in [3.8, 4) is 11.5 Å². The van der Waals surface area contributed by atoms with Gasteiger partial charge in [-0.1, -0.05) is 42.5 Å². The van der Waals surface area contributed by atoms with Crippen LogP contribution in [0, 0.1) is 17.7 Å². The van der Waals surface area contributed by atoms with Crippen LogP contribution < -0.4 is 20.1 Å². The van der Waals surface area contributed by atoms with Crippen LogP contribution >= 0.6 is 0 Å². The Labute approximate surface area is 231 Å². The zero-order chi connectivity index (χ0) is 27.5. The van der Waals surface area contributed by atoms with Gasteiger partial charge in [0.25, 0.3) is 0 Å². The second-order valence-corrected chi connectivity index (χ2v) is 10.4. The number of anilines is 1. The van der Waals surface area contributed by atoms with Crippen molar-refractivity contribution in [3.05, 3.63) is 102 Å². The number of likely N-dealkylation sites (tertiary alicyclic amines) is 1. The Morgan fingerprint density at radius 1 is 0.800 bits per heavy atom. The van der Waals surface area contributed by atoms with Crippen LogP contribution in [-0.4, -0.2) is 36.6 Å². The number of fused-ring (bicyclic) bond motifs is 2. The van der Waals surface area contributed by atoms with Gasteiger partial charge in [-0.05, 0) is 70.8 Å². The van der Waals surface area contributed by atoms with Crippen LogP contribution in [0.15, 0.2) is 84.9 Å². The van der Waals surface area contributed by atoms with Gasteiger partial charge in [0.15, 0.2) is 11.5 Å². The van der Waals surface area contributed by atoms with Crippen molar-refractivity contribution < 1.29 is 23.5 Å². The van der Waals surface area contributed by atoms with Crippen LogP contribution in [0.25, 0.3) is 10.8 Å². The quantitative estimate of drug-likeness (QED) is 0.342.